The predicted octanol–water partition coefficient (Wildman–Crippen LogP) is 2.45. The molecule has 0 aromatic heterocycles. The quantitative estimate of drug-likeness (QED) is 0.860. The minimum atomic E-state index is -1.08. The topological polar surface area (TPSA) is 74.7 Å². The minimum absolute atomic E-state index is 0.0620. The van der Waals surface area contributed by atoms with E-state index in [4.69, 9.17) is 5.11 Å². The average Bonchev–Trinajstić information content (AvgIpc) is 2.38. The summed E-state index contributed by atoms with van der Waals surface area (Å²) in [5.74, 6) is -1.62. The molecule has 1 aliphatic heterocycles. The van der Waals surface area contributed by atoms with Crippen LogP contribution in [0.1, 0.15) is 43.5 Å². The van der Waals surface area contributed by atoms with E-state index < -0.39 is 5.97 Å². The van der Waals surface area contributed by atoms with E-state index in [9.17, 15) is 14.4 Å². The molecule has 1 aliphatic rings. The molecule has 0 unspecified atom stereocenters. The van der Waals surface area contributed by atoms with E-state index in [0.717, 1.165) is 11.3 Å². The molecule has 1 aromatic carbocycles. The molecule has 5 nitrogen and oxygen atoms in total. The number of carboxylic acid groups (broad SMARTS) is 1. The third-order valence-corrected chi connectivity index (χ3v) is 3.86. The molecule has 5 heteroatoms. The van der Waals surface area contributed by atoms with Crippen molar-refractivity contribution in [1.82, 2.24) is 0 Å². The lowest BCUT2D eigenvalue weighted by Gasteiger charge is -2.36. The Kier molecular flexibility index (Phi) is 3.61. The van der Waals surface area contributed by atoms with Crippen LogP contribution in [0.5, 0.6) is 0 Å². The second-order valence-corrected chi connectivity index (χ2v) is 5.50. The van der Waals surface area contributed by atoms with E-state index in [2.05, 4.69) is 0 Å². The van der Waals surface area contributed by atoms with Crippen LogP contribution in [0.4, 0.5) is 5.69 Å². The van der Waals surface area contributed by atoms with Crippen LogP contribution in [-0.2, 0) is 9.59 Å². The number of piperidine rings is 1. The molecule has 1 saturated heterocycles. The summed E-state index contributed by atoms with van der Waals surface area (Å²) in [6, 6.07) is 5.90. The number of rotatable bonds is 3. The first-order valence-corrected chi connectivity index (χ1v) is 6.55. The van der Waals surface area contributed by atoms with E-state index in [1.165, 1.54) is 18.2 Å². The fraction of sp³-hybridized carbons (Fsp3) is 0.400. The highest BCUT2D eigenvalue weighted by atomic mass is 16.4. The van der Waals surface area contributed by atoms with Gasteiger partial charge in [-0.3, -0.25) is 14.5 Å². The molecule has 0 saturated carbocycles. The lowest BCUT2D eigenvalue weighted by atomic mass is 9.77. The van der Waals surface area contributed by atoms with Crippen molar-refractivity contribution in [3.63, 3.8) is 0 Å². The number of carboxylic acids is 1. The maximum atomic E-state index is 12.2. The Morgan fingerprint density at radius 3 is 2.40 bits per heavy atom. The van der Waals surface area contributed by atoms with Crippen molar-refractivity contribution in [3.8, 4) is 0 Å². The number of nitrogens with zero attached hydrogens (tertiary/aromatic N) is 1. The zero-order valence-corrected chi connectivity index (χ0v) is 11.5. The summed E-state index contributed by atoms with van der Waals surface area (Å²) in [5, 5.41) is 8.97. The standard InChI is InChI=1S/C15H17NO4/c1-3-15(2)8-12(17)16(13(18)9-15)11-6-4-5-10(7-11)14(19)20/h4-7H,3,8-9H2,1-2H3,(H,19,20). The molecule has 1 heterocycles. The van der Waals surface area contributed by atoms with Gasteiger partial charge in [0.25, 0.3) is 0 Å². The zero-order valence-electron chi connectivity index (χ0n) is 11.5. The molecule has 2 amide bonds. The highest BCUT2D eigenvalue weighted by Crippen LogP contribution is 2.37. The van der Waals surface area contributed by atoms with E-state index in [-0.39, 0.29) is 22.8 Å². The van der Waals surface area contributed by atoms with Gasteiger partial charge in [-0.1, -0.05) is 19.9 Å². The molecule has 1 aromatic rings. The first-order chi connectivity index (χ1) is 9.36. The van der Waals surface area contributed by atoms with Gasteiger partial charge in [0.1, 0.15) is 0 Å². The molecular weight excluding hydrogens is 258 g/mol. The Labute approximate surface area is 117 Å². The molecule has 1 N–H and O–H groups in total. The summed E-state index contributed by atoms with van der Waals surface area (Å²) >= 11 is 0. The Morgan fingerprint density at radius 2 is 1.90 bits per heavy atom. The van der Waals surface area contributed by atoms with Gasteiger partial charge >= 0.3 is 5.97 Å². The van der Waals surface area contributed by atoms with Gasteiger partial charge in [-0.05, 0) is 30.0 Å². The van der Waals surface area contributed by atoms with Crippen LogP contribution in [0.15, 0.2) is 24.3 Å². The number of benzene rings is 1. The average molecular weight is 275 g/mol. The molecule has 0 bridgehead atoms. The molecule has 1 fully saturated rings. The van der Waals surface area contributed by atoms with Crippen molar-refractivity contribution >= 4 is 23.5 Å². The summed E-state index contributed by atoms with van der Waals surface area (Å²) in [7, 11) is 0. The lowest BCUT2D eigenvalue weighted by Crippen LogP contribution is -2.47. The van der Waals surface area contributed by atoms with Gasteiger partial charge in [0.15, 0.2) is 0 Å². The number of hydrogen-bond acceptors (Lipinski definition) is 3. The summed E-state index contributed by atoms with van der Waals surface area (Å²) in [6.07, 6.45) is 1.35. The maximum Gasteiger partial charge on any atom is 0.335 e. The van der Waals surface area contributed by atoms with Gasteiger partial charge in [0.05, 0.1) is 11.3 Å². The van der Waals surface area contributed by atoms with Crippen molar-refractivity contribution < 1.29 is 19.5 Å². The molecule has 20 heavy (non-hydrogen) atoms. The number of anilines is 1. The number of carbonyl (C=O) groups excluding carboxylic acids is 2. The second-order valence-electron chi connectivity index (χ2n) is 5.50. The molecule has 2 rings (SSSR count). The number of aromatic carboxylic acids is 1. The van der Waals surface area contributed by atoms with Crippen LogP contribution in [0.2, 0.25) is 0 Å². The van der Waals surface area contributed by atoms with Crippen LogP contribution < -0.4 is 4.90 Å². The van der Waals surface area contributed by atoms with Gasteiger partial charge in [-0.15, -0.1) is 0 Å². The van der Waals surface area contributed by atoms with Gasteiger partial charge in [0.2, 0.25) is 11.8 Å². The largest absolute Gasteiger partial charge is 0.478 e. The second kappa shape index (κ2) is 5.07. The maximum absolute atomic E-state index is 12.2. The van der Waals surface area contributed by atoms with Crippen molar-refractivity contribution in [2.75, 3.05) is 4.90 Å². The number of hydrogen-bond donors (Lipinski definition) is 1. The monoisotopic (exact) mass is 275 g/mol. The molecule has 0 spiro atoms. The van der Waals surface area contributed by atoms with Crippen molar-refractivity contribution in [1.29, 1.82) is 0 Å². The first kappa shape index (κ1) is 14.2. The van der Waals surface area contributed by atoms with Crippen LogP contribution in [0.3, 0.4) is 0 Å². The molecule has 0 radical (unpaired) electrons. The fourth-order valence-corrected chi connectivity index (χ4v) is 2.41. The Balaban J connectivity index is 2.34. The van der Waals surface area contributed by atoms with Crippen LogP contribution in [-0.4, -0.2) is 22.9 Å². The van der Waals surface area contributed by atoms with Crippen LogP contribution >= 0.6 is 0 Å². The van der Waals surface area contributed by atoms with Crippen molar-refractivity contribution in [2.24, 2.45) is 5.41 Å². The smallest absolute Gasteiger partial charge is 0.335 e. The summed E-state index contributed by atoms with van der Waals surface area (Å²) in [4.78, 5) is 36.5. The number of amides is 2. The van der Waals surface area contributed by atoms with E-state index in [1.807, 2.05) is 13.8 Å². The SMILES string of the molecule is CCC1(C)CC(=O)N(c2cccc(C(=O)O)c2)C(=O)C1. The third-order valence-electron chi connectivity index (χ3n) is 3.86. The number of carbonyl (C=O) groups is 3. The van der Waals surface area contributed by atoms with Gasteiger partial charge in [-0.25, -0.2) is 4.79 Å². The van der Waals surface area contributed by atoms with Crippen molar-refractivity contribution in [2.45, 2.75) is 33.1 Å². The van der Waals surface area contributed by atoms with Gasteiger partial charge in [-0.2, -0.15) is 0 Å². The summed E-state index contributed by atoms with van der Waals surface area (Å²) in [5.41, 5.74) is 0.0969. The molecule has 0 aliphatic carbocycles. The predicted molar refractivity (Wildman–Crippen MR) is 73.5 cm³/mol. The minimum Gasteiger partial charge on any atom is -0.478 e. The van der Waals surface area contributed by atoms with Gasteiger partial charge in [0, 0.05) is 12.8 Å². The van der Waals surface area contributed by atoms with Gasteiger partial charge < -0.3 is 5.11 Å². The molecule has 0 atom stereocenters. The Hall–Kier alpha value is -2.17. The van der Waals surface area contributed by atoms with E-state index >= 15 is 0 Å². The summed E-state index contributed by atoms with van der Waals surface area (Å²) in [6.45, 7) is 3.88. The highest BCUT2D eigenvalue weighted by Gasteiger charge is 2.40. The third kappa shape index (κ3) is 2.57. The van der Waals surface area contributed by atoms with E-state index in [0.29, 0.717) is 18.5 Å². The van der Waals surface area contributed by atoms with Crippen LogP contribution in [0.25, 0.3) is 0 Å². The fourth-order valence-electron chi connectivity index (χ4n) is 2.41. The zero-order chi connectivity index (χ0) is 14.9. The normalized spacial score (nSPS) is 18.2. The highest BCUT2D eigenvalue weighted by molar-refractivity contribution is 6.17. The van der Waals surface area contributed by atoms with Crippen LogP contribution in [0, 0.1) is 5.41 Å². The number of imide groups is 1. The molecule has 106 valence electrons. The Bertz CT molecular complexity index is 561. The van der Waals surface area contributed by atoms with Crippen molar-refractivity contribution in [3.05, 3.63) is 29.8 Å². The van der Waals surface area contributed by atoms with E-state index in [1.54, 1.807) is 6.07 Å². The Morgan fingerprint density at radius 1 is 1.30 bits per heavy atom. The summed E-state index contributed by atoms with van der Waals surface area (Å²) < 4.78 is 0. The lowest BCUT2D eigenvalue weighted by molar-refractivity contribution is -0.133. The molecular formula is C15H17NO4. The first-order valence-electron chi connectivity index (χ1n) is 6.55.